The van der Waals surface area contributed by atoms with Gasteiger partial charge in [0.1, 0.15) is 39.2 Å². The van der Waals surface area contributed by atoms with Crippen LogP contribution in [0.15, 0.2) is 61.4 Å². The summed E-state index contributed by atoms with van der Waals surface area (Å²) < 4.78 is 79.9. The highest BCUT2D eigenvalue weighted by molar-refractivity contribution is 7.90. The summed E-state index contributed by atoms with van der Waals surface area (Å²) in [5, 5.41) is 5.27. The van der Waals surface area contributed by atoms with E-state index in [-0.39, 0.29) is 47.9 Å². The number of rotatable bonds is 11. The molecule has 0 saturated carbocycles. The van der Waals surface area contributed by atoms with Gasteiger partial charge in [-0.3, -0.25) is 9.69 Å². The van der Waals surface area contributed by atoms with Gasteiger partial charge in [0.2, 0.25) is 11.9 Å². The van der Waals surface area contributed by atoms with E-state index in [0.717, 1.165) is 46.5 Å². The average Bonchev–Trinajstić information content (AvgIpc) is 3.71. The predicted molar refractivity (Wildman–Crippen MR) is 229 cm³/mol. The molecule has 61 heavy (non-hydrogen) atoms. The van der Waals surface area contributed by atoms with Gasteiger partial charge in [-0.15, -0.1) is 0 Å². The summed E-state index contributed by atoms with van der Waals surface area (Å²) in [6.45, 7) is 12.4. The highest BCUT2D eigenvalue weighted by atomic mass is 32.2. The number of hydrogen-bond donors (Lipinski definition) is 1. The summed E-state index contributed by atoms with van der Waals surface area (Å²) in [6, 6.07) is 9.34. The second-order valence-corrected chi connectivity index (χ2v) is 19.2. The van der Waals surface area contributed by atoms with E-state index in [2.05, 4.69) is 51.6 Å². The second kappa shape index (κ2) is 17.0. The highest BCUT2D eigenvalue weighted by Gasteiger charge is 2.38. The molecule has 4 aliphatic heterocycles. The maximum absolute atomic E-state index is 15.9. The van der Waals surface area contributed by atoms with E-state index in [1.165, 1.54) is 18.4 Å². The molecular formula is C43H52F4N10O3S. The number of carbonyl (C=O) groups excluding carboxylic acids is 1. The molecular weight excluding hydrogens is 813 g/mol. The molecule has 4 fully saturated rings. The molecule has 4 aliphatic rings. The number of hydrogen-bond acceptors (Lipinski definition) is 12. The van der Waals surface area contributed by atoms with E-state index in [1.807, 2.05) is 27.0 Å². The SMILES string of the molecule is C=CC(=O)N1CCC[C@@H]1c1cc(N2CC(CS(C)(=O)=O)C2)c2cnc(Nc3ccnc(N4CC[C@@H](N5CCN(c6cccc(C(F)(F)F)n6)CC5)[C@@H](F)C4)n3)cc2c1C(C)C. The van der Waals surface area contributed by atoms with E-state index >= 15 is 4.39 Å². The van der Waals surface area contributed by atoms with Crippen LogP contribution in [0, 0.1) is 5.92 Å². The zero-order valence-corrected chi connectivity index (χ0v) is 35.5. The largest absolute Gasteiger partial charge is 0.433 e. The second-order valence-electron chi connectivity index (χ2n) is 17.0. The molecule has 1 amide bonds. The zero-order chi connectivity index (χ0) is 43.2. The lowest BCUT2D eigenvalue weighted by Gasteiger charge is -2.44. The van der Waals surface area contributed by atoms with Gasteiger partial charge < -0.3 is 24.9 Å². The average molecular weight is 865 g/mol. The number of aromatic nitrogens is 4. The van der Waals surface area contributed by atoms with Gasteiger partial charge >= 0.3 is 6.18 Å². The van der Waals surface area contributed by atoms with Gasteiger partial charge in [-0.25, -0.2) is 27.8 Å². The third-order valence-corrected chi connectivity index (χ3v) is 13.5. The first kappa shape index (κ1) is 42.6. The molecule has 326 valence electrons. The molecule has 1 aromatic carbocycles. The van der Waals surface area contributed by atoms with Crippen molar-refractivity contribution >= 4 is 55.6 Å². The van der Waals surface area contributed by atoms with Crippen LogP contribution in [-0.2, 0) is 20.8 Å². The number of piperazine rings is 1. The molecule has 0 radical (unpaired) electrons. The van der Waals surface area contributed by atoms with Crippen molar-refractivity contribution < 1.29 is 30.8 Å². The molecule has 7 heterocycles. The molecule has 18 heteroatoms. The Hall–Kier alpha value is -5.10. The Balaban J connectivity index is 0.993. The smallest absolute Gasteiger partial charge is 0.370 e. The molecule has 3 aromatic heterocycles. The number of benzene rings is 1. The van der Waals surface area contributed by atoms with E-state index in [1.54, 1.807) is 18.3 Å². The third kappa shape index (κ3) is 9.10. The molecule has 1 N–H and O–H groups in total. The maximum Gasteiger partial charge on any atom is 0.433 e. The monoisotopic (exact) mass is 864 g/mol. The predicted octanol–water partition coefficient (Wildman–Crippen LogP) is 6.37. The number of sulfone groups is 1. The Bertz CT molecular complexity index is 2390. The fourth-order valence-corrected chi connectivity index (χ4v) is 10.7. The zero-order valence-electron chi connectivity index (χ0n) is 34.7. The summed E-state index contributed by atoms with van der Waals surface area (Å²) >= 11 is 0. The number of piperidine rings is 1. The minimum Gasteiger partial charge on any atom is -0.370 e. The Morgan fingerprint density at radius 3 is 2.39 bits per heavy atom. The molecule has 0 bridgehead atoms. The highest BCUT2D eigenvalue weighted by Crippen LogP contribution is 2.45. The molecule has 3 atom stereocenters. The number of likely N-dealkylation sites (tertiary alicyclic amines) is 1. The maximum atomic E-state index is 15.9. The van der Waals surface area contributed by atoms with Crippen LogP contribution in [0.2, 0.25) is 0 Å². The first-order valence-electron chi connectivity index (χ1n) is 20.9. The summed E-state index contributed by atoms with van der Waals surface area (Å²) in [7, 11) is -3.12. The van der Waals surface area contributed by atoms with Crippen molar-refractivity contribution in [3.63, 3.8) is 0 Å². The van der Waals surface area contributed by atoms with Gasteiger partial charge in [0.05, 0.1) is 18.3 Å². The third-order valence-electron chi connectivity index (χ3n) is 12.4. The first-order chi connectivity index (χ1) is 29.1. The number of carbonyl (C=O) groups is 1. The Morgan fingerprint density at radius 1 is 0.934 bits per heavy atom. The molecule has 8 rings (SSSR count). The van der Waals surface area contributed by atoms with Crippen LogP contribution < -0.4 is 20.0 Å². The number of pyridine rings is 2. The van der Waals surface area contributed by atoms with Crippen LogP contribution >= 0.6 is 0 Å². The van der Waals surface area contributed by atoms with E-state index < -0.39 is 27.9 Å². The van der Waals surface area contributed by atoms with Gasteiger partial charge in [-0.2, -0.15) is 18.2 Å². The van der Waals surface area contributed by atoms with Gasteiger partial charge in [0, 0.05) is 94.0 Å². The molecule has 0 aliphatic carbocycles. The number of halogens is 4. The quantitative estimate of drug-likeness (QED) is 0.133. The van der Waals surface area contributed by atoms with Crippen molar-refractivity contribution in [2.45, 2.75) is 63.5 Å². The number of amides is 1. The lowest BCUT2D eigenvalue weighted by Crippen LogP contribution is -2.58. The van der Waals surface area contributed by atoms with Gasteiger partial charge in [0.15, 0.2) is 0 Å². The van der Waals surface area contributed by atoms with Crippen molar-refractivity contribution in [3.05, 3.63) is 78.3 Å². The van der Waals surface area contributed by atoms with Crippen molar-refractivity contribution in [2.75, 3.05) is 90.9 Å². The fraction of sp³-hybridized carbons (Fsp3) is 0.512. The topological polar surface area (TPSA) is 131 Å². The minimum absolute atomic E-state index is 0.0256. The molecule has 4 saturated heterocycles. The molecule has 4 aromatic rings. The van der Waals surface area contributed by atoms with Crippen LogP contribution in [0.1, 0.15) is 61.9 Å². The van der Waals surface area contributed by atoms with E-state index in [0.29, 0.717) is 76.4 Å². The van der Waals surface area contributed by atoms with Crippen LogP contribution in [0.4, 0.5) is 46.7 Å². The van der Waals surface area contributed by atoms with Gasteiger partial charge in [-0.05, 0) is 78.1 Å². The number of fused-ring (bicyclic) bond motifs is 1. The summed E-state index contributed by atoms with van der Waals surface area (Å²) in [5.74, 6) is 1.83. The summed E-state index contributed by atoms with van der Waals surface area (Å²) in [4.78, 5) is 40.8. The normalized spacial score (nSPS) is 21.9. The van der Waals surface area contributed by atoms with Crippen molar-refractivity contribution in [2.24, 2.45) is 5.92 Å². The van der Waals surface area contributed by atoms with E-state index in [9.17, 15) is 26.4 Å². The van der Waals surface area contributed by atoms with Gasteiger partial charge in [0.25, 0.3) is 0 Å². The Labute approximate surface area is 353 Å². The molecule has 13 nitrogen and oxygen atoms in total. The van der Waals surface area contributed by atoms with Crippen LogP contribution in [0.25, 0.3) is 10.8 Å². The van der Waals surface area contributed by atoms with Crippen molar-refractivity contribution in [3.8, 4) is 0 Å². The minimum atomic E-state index is -4.52. The fourth-order valence-electron chi connectivity index (χ4n) is 9.59. The molecule has 0 spiro atoms. The van der Waals surface area contributed by atoms with Crippen molar-refractivity contribution in [1.82, 2.24) is 29.7 Å². The Kier molecular flexibility index (Phi) is 11.9. The lowest BCUT2D eigenvalue weighted by atomic mass is 9.85. The summed E-state index contributed by atoms with van der Waals surface area (Å²) in [5.41, 5.74) is 2.21. The van der Waals surface area contributed by atoms with Crippen LogP contribution in [0.3, 0.4) is 0 Å². The summed E-state index contributed by atoms with van der Waals surface area (Å²) in [6.07, 6.45) is 2.60. The molecule has 0 unspecified atom stereocenters. The van der Waals surface area contributed by atoms with Crippen molar-refractivity contribution in [1.29, 1.82) is 0 Å². The van der Waals surface area contributed by atoms with Gasteiger partial charge in [-0.1, -0.05) is 26.5 Å². The number of alkyl halides is 4. The lowest BCUT2D eigenvalue weighted by molar-refractivity contribution is -0.141. The number of anilines is 5. The standard InChI is InChI=1S/C43H52F4N10O3S/c1-5-40(58)57-14-7-8-33(57)30-20-35(56-23-28(24-56)26-61(4,59)60)31-22-49-38(21-29(31)41(30)27(2)3)51-37-11-13-48-42(52-37)55-15-12-34(32(44)25-55)53-16-18-54(19-17-53)39-10-6-9-36(50-39)43(45,46)47/h5-6,9-11,13,20-22,27-28,32-34H,1,7-8,12,14-19,23-26H2,2-4H3,(H,48,49,51,52)/t32-,33+,34+/m0/s1. The number of nitrogens with one attached hydrogen (secondary N) is 1. The van der Waals surface area contributed by atoms with Crippen LogP contribution in [-0.4, -0.2) is 127 Å². The Morgan fingerprint density at radius 2 is 1.70 bits per heavy atom. The van der Waals surface area contributed by atoms with E-state index in [4.69, 9.17) is 9.97 Å². The number of nitrogens with zero attached hydrogens (tertiary/aromatic N) is 9. The first-order valence-corrected chi connectivity index (χ1v) is 23.0. The van der Waals surface area contributed by atoms with Crippen LogP contribution in [0.5, 0.6) is 0 Å².